The fourth-order valence-corrected chi connectivity index (χ4v) is 4.79. The Morgan fingerprint density at radius 2 is 1.96 bits per heavy atom. The molecular formula is C22H37ClN2O2Si. The van der Waals surface area contributed by atoms with Gasteiger partial charge < -0.3 is 9.74 Å². The molecule has 1 saturated heterocycles. The molecule has 1 aromatic carbocycles. The Bertz CT molecular complexity index is 619. The molecule has 158 valence electrons. The smallest absolute Gasteiger partial charge is 0.220 e. The molecular weight excluding hydrogens is 388 g/mol. The Labute approximate surface area is 177 Å². The lowest BCUT2D eigenvalue weighted by molar-refractivity contribution is -0.123. The van der Waals surface area contributed by atoms with E-state index in [4.69, 9.17) is 16.0 Å². The Balaban J connectivity index is 2.08. The first-order chi connectivity index (χ1) is 13.1. The highest BCUT2D eigenvalue weighted by molar-refractivity contribution is 6.74. The van der Waals surface area contributed by atoms with Crippen LogP contribution in [0.1, 0.15) is 45.6 Å². The van der Waals surface area contributed by atoms with Crippen molar-refractivity contribution in [3.05, 3.63) is 35.9 Å². The highest BCUT2D eigenvalue weighted by Gasteiger charge is 2.42. The fourth-order valence-electron chi connectivity index (χ4n) is 3.31. The van der Waals surface area contributed by atoms with Crippen LogP contribution in [0.3, 0.4) is 0 Å². The van der Waals surface area contributed by atoms with E-state index in [1.165, 1.54) is 5.56 Å². The van der Waals surface area contributed by atoms with Crippen molar-refractivity contribution < 1.29 is 9.22 Å². The van der Waals surface area contributed by atoms with Gasteiger partial charge in [-0.2, -0.15) is 0 Å². The van der Waals surface area contributed by atoms with Crippen LogP contribution in [0.5, 0.6) is 0 Å². The highest BCUT2D eigenvalue weighted by Crippen LogP contribution is 2.38. The normalized spacial score (nSPS) is 21.5. The summed E-state index contributed by atoms with van der Waals surface area (Å²) in [4.78, 5) is 14.8. The van der Waals surface area contributed by atoms with Gasteiger partial charge in [-0.25, -0.2) is 0 Å². The van der Waals surface area contributed by atoms with E-state index in [9.17, 15) is 4.79 Å². The van der Waals surface area contributed by atoms with Gasteiger partial charge in [0.15, 0.2) is 8.32 Å². The largest absolute Gasteiger partial charge is 0.411 e. The van der Waals surface area contributed by atoms with E-state index in [2.05, 4.69) is 74.4 Å². The second kappa shape index (κ2) is 10.2. The summed E-state index contributed by atoms with van der Waals surface area (Å²) in [6.45, 7) is 14.1. The zero-order valence-corrected chi connectivity index (χ0v) is 19.9. The number of piperidine rings is 1. The van der Waals surface area contributed by atoms with E-state index in [0.29, 0.717) is 18.7 Å². The molecule has 0 radical (unpaired) electrons. The summed E-state index contributed by atoms with van der Waals surface area (Å²) in [6.07, 6.45) is 2.14. The van der Waals surface area contributed by atoms with Gasteiger partial charge >= 0.3 is 0 Å². The lowest BCUT2D eigenvalue weighted by Gasteiger charge is -2.45. The molecule has 28 heavy (non-hydrogen) atoms. The Hall–Kier alpha value is -0.883. The first kappa shape index (κ1) is 23.4. The van der Waals surface area contributed by atoms with Gasteiger partial charge in [-0.1, -0.05) is 51.1 Å². The second-order valence-corrected chi connectivity index (χ2v) is 14.5. The van der Waals surface area contributed by atoms with Gasteiger partial charge in [-0.3, -0.25) is 9.69 Å². The van der Waals surface area contributed by atoms with Gasteiger partial charge in [0.1, 0.15) is 0 Å². The quantitative estimate of drug-likeness (QED) is 0.482. The lowest BCUT2D eigenvalue weighted by Crippen LogP contribution is -2.58. The number of carbonyl (C=O) groups is 1. The number of hydrogen-bond acceptors (Lipinski definition) is 3. The van der Waals surface area contributed by atoms with Gasteiger partial charge in [-0.05, 0) is 36.5 Å². The van der Waals surface area contributed by atoms with Crippen LogP contribution in [0, 0.1) is 0 Å². The first-order valence-electron chi connectivity index (χ1n) is 10.4. The number of nitrogens with one attached hydrogen (secondary N) is 1. The molecule has 2 atom stereocenters. The van der Waals surface area contributed by atoms with E-state index >= 15 is 0 Å². The SMILES string of the molecule is CC(C)(C)[Si](C)(C)O[C@H]1CN(Cc2ccccc2)CC[C@H]1NC(=O)CCCCl. The van der Waals surface area contributed by atoms with Crippen molar-refractivity contribution >= 4 is 25.8 Å². The predicted molar refractivity (Wildman–Crippen MR) is 120 cm³/mol. The van der Waals surface area contributed by atoms with Crippen LogP contribution in [0.15, 0.2) is 30.3 Å². The Morgan fingerprint density at radius 3 is 2.57 bits per heavy atom. The average Bonchev–Trinajstić information content (AvgIpc) is 2.62. The van der Waals surface area contributed by atoms with E-state index in [1.807, 2.05) is 0 Å². The number of amides is 1. The second-order valence-electron chi connectivity index (χ2n) is 9.39. The Morgan fingerprint density at radius 1 is 1.29 bits per heavy atom. The summed E-state index contributed by atoms with van der Waals surface area (Å²) in [6, 6.07) is 10.6. The van der Waals surface area contributed by atoms with Crippen molar-refractivity contribution in [2.45, 2.75) is 76.9 Å². The molecule has 1 heterocycles. The van der Waals surface area contributed by atoms with Crippen LogP contribution in [0.2, 0.25) is 18.1 Å². The summed E-state index contributed by atoms with van der Waals surface area (Å²) >= 11 is 5.74. The van der Waals surface area contributed by atoms with Crippen molar-refractivity contribution in [1.82, 2.24) is 10.2 Å². The first-order valence-corrected chi connectivity index (χ1v) is 13.9. The monoisotopic (exact) mass is 424 g/mol. The summed E-state index contributed by atoms with van der Waals surface area (Å²) in [7, 11) is -1.93. The topological polar surface area (TPSA) is 41.6 Å². The molecule has 1 aromatic rings. The molecule has 1 amide bonds. The van der Waals surface area contributed by atoms with Gasteiger partial charge in [0.05, 0.1) is 12.1 Å². The van der Waals surface area contributed by atoms with Gasteiger partial charge in [-0.15, -0.1) is 11.6 Å². The zero-order chi connectivity index (χ0) is 20.8. The third-order valence-electron chi connectivity index (χ3n) is 6.03. The number of alkyl halides is 1. The molecule has 0 unspecified atom stereocenters. The van der Waals surface area contributed by atoms with Gasteiger partial charge in [0.2, 0.25) is 5.91 Å². The van der Waals surface area contributed by atoms with E-state index < -0.39 is 8.32 Å². The molecule has 0 bridgehead atoms. The standard InChI is InChI=1S/C22H37ClN2O2Si/c1-22(2,3)28(4,5)27-20-17-25(16-18-10-7-6-8-11-18)15-13-19(20)24-21(26)12-9-14-23/h6-8,10-11,19-20H,9,12-17H2,1-5H3,(H,24,26)/t19-,20+/m1/s1. The fraction of sp³-hybridized carbons (Fsp3) is 0.682. The molecule has 1 fully saturated rings. The van der Waals surface area contributed by atoms with Crippen molar-refractivity contribution in [3.63, 3.8) is 0 Å². The predicted octanol–water partition coefficient (Wildman–Crippen LogP) is 4.79. The maximum Gasteiger partial charge on any atom is 0.220 e. The number of likely N-dealkylation sites (tertiary alicyclic amines) is 1. The number of halogens is 1. The summed E-state index contributed by atoms with van der Waals surface area (Å²) in [5, 5.41) is 3.38. The maximum absolute atomic E-state index is 12.3. The number of rotatable bonds is 8. The van der Waals surface area contributed by atoms with Crippen LogP contribution < -0.4 is 5.32 Å². The van der Waals surface area contributed by atoms with Crippen molar-refractivity contribution in [2.24, 2.45) is 0 Å². The van der Waals surface area contributed by atoms with Gasteiger partial charge in [0.25, 0.3) is 0 Å². The molecule has 0 aliphatic carbocycles. The van der Waals surface area contributed by atoms with Crippen LogP contribution in [-0.4, -0.2) is 50.2 Å². The molecule has 0 spiro atoms. The number of carbonyl (C=O) groups excluding carboxylic acids is 1. The van der Waals surface area contributed by atoms with Crippen LogP contribution in [0.25, 0.3) is 0 Å². The van der Waals surface area contributed by atoms with Crippen molar-refractivity contribution in [2.75, 3.05) is 19.0 Å². The molecule has 1 N–H and O–H groups in total. The Kier molecular flexibility index (Phi) is 8.55. The minimum Gasteiger partial charge on any atom is -0.411 e. The molecule has 1 aliphatic rings. The lowest BCUT2D eigenvalue weighted by atomic mass is 10.0. The maximum atomic E-state index is 12.3. The molecule has 0 aromatic heterocycles. The summed E-state index contributed by atoms with van der Waals surface area (Å²) < 4.78 is 6.79. The molecule has 2 rings (SSSR count). The van der Waals surface area contributed by atoms with Crippen LogP contribution in [-0.2, 0) is 15.8 Å². The van der Waals surface area contributed by atoms with Crippen LogP contribution in [0.4, 0.5) is 0 Å². The molecule has 0 saturated carbocycles. The van der Waals surface area contributed by atoms with Gasteiger partial charge in [0, 0.05) is 31.9 Å². The van der Waals surface area contributed by atoms with E-state index in [1.54, 1.807) is 0 Å². The molecule has 4 nitrogen and oxygen atoms in total. The van der Waals surface area contributed by atoms with E-state index in [0.717, 1.165) is 26.1 Å². The number of benzene rings is 1. The number of nitrogens with zero attached hydrogens (tertiary/aromatic N) is 1. The highest BCUT2D eigenvalue weighted by atomic mass is 35.5. The van der Waals surface area contributed by atoms with Crippen LogP contribution >= 0.6 is 11.6 Å². The molecule has 1 aliphatic heterocycles. The third-order valence-corrected chi connectivity index (χ3v) is 10.8. The molecule has 6 heteroatoms. The minimum absolute atomic E-state index is 0.0262. The number of hydrogen-bond donors (Lipinski definition) is 1. The summed E-state index contributed by atoms with van der Waals surface area (Å²) in [5.74, 6) is 0.610. The van der Waals surface area contributed by atoms with Crippen molar-refractivity contribution in [1.29, 1.82) is 0 Å². The zero-order valence-electron chi connectivity index (χ0n) is 18.1. The average molecular weight is 425 g/mol. The minimum atomic E-state index is -1.93. The summed E-state index contributed by atoms with van der Waals surface area (Å²) in [5.41, 5.74) is 1.32. The van der Waals surface area contributed by atoms with Crippen molar-refractivity contribution in [3.8, 4) is 0 Å². The third kappa shape index (κ3) is 6.87. The van der Waals surface area contributed by atoms with E-state index in [-0.39, 0.29) is 23.1 Å².